The standard InChI is InChI=1S/C11H15BrFNO2/c1-2-15-9(6-14)7-16-11-4-3-8(13)5-10(11)12/h3-5,9H,2,6-7,14H2,1H3. The molecule has 0 bridgehead atoms. The van der Waals surface area contributed by atoms with Crippen LogP contribution in [-0.2, 0) is 4.74 Å². The maximum Gasteiger partial charge on any atom is 0.133 e. The SMILES string of the molecule is CCOC(CN)COc1ccc(F)cc1Br. The van der Waals surface area contributed by atoms with Crippen molar-refractivity contribution in [1.82, 2.24) is 0 Å². The van der Waals surface area contributed by atoms with E-state index in [0.717, 1.165) is 0 Å². The number of hydrogen-bond donors (Lipinski definition) is 1. The first kappa shape index (κ1) is 13.4. The molecule has 1 aromatic carbocycles. The summed E-state index contributed by atoms with van der Waals surface area (Å²) in [5.41, 5.74) is 5.51. The van der Waals surface area contributed by atoms with Crippen molar-refractivity contribution in [2.75, 3.05) is 19.8 Å². The molecule has 0 aromatic heterocycles. The van der Waals surface area contributed by atoms with Crippen LogP contribution < -0.4 is 10.5 Å². The van der Waals surface area contributed by atoms with Gasteiger partial charge in [0.2, 0.25) is 0 Å². The molecule has 16 heavy (non-hydrogen) atoms. The molecule has 0 saturated heterocycles. The van der Waals surface area contributed by atoms with E-state index >= 15 is 0 Å². The molecular formula is C11H15BrFNO2. The molecule has 0 spiro atoms. The van der Waals surface area contributed by atoms with Crippen molar-refractivity contribution in [3.05, 3.63) is 28.5 Å². The third kappa shape index (κ3) is 4.08. The molecule has 0 amide bonds. The average molecular weight is 292 g/mol. The van der Waals surface area contributed by atoms with E-state index in [-0.39, 0.29) is 11.9 Å². The first-order valence-electron chi connectivity index (χ1n) is 5.07. The molecule has 0 saturated carbocycles. The predicted octanol–water partition coefficient (Wildman–Crippen LogP) is 2.33. The zero-order valence-corrected chi connectivity index (χ0v) is 10.7. The summed E-state index contributed by atoms with van der Waals surface area (Å²) in [6, 6.07) is 4.27. The van der Waals surface area contributed by atoms with Gasteiger partial charge in [0.25, 0.3) is 0 Å². The molecule has 0 aliphatic carbocycles. The zero-order valence-electron chi connectivity index (χ0n) is 9.08. The van der Waals surface area contributed by atoms with E-state index in [2.05, 4.69) is 15.9 Å². The first-order chi connectivity index (χ1) is 7.67. The summed E-state index contributed by atoms with van der Waals surface area (Å²) in [4.78, 5) is 0. The van der Waals surface area contributed by atoms with E-state index in [1.54, 1.807) is 6.07 Å². The molecule has 1 aromatic rings. The summed E-state index contributed by atoms with van der Waals surface area (Å²) in [7, 11) is 0. The van der Waals surface area contributed by atoms with Gasteiger partial charge in [0.15, 0.2) is 0 Å². The Hall–Kier alpha value is -0.650. The van der Waals surface area contributed by atoms with Crippen LogP contribution in [0.5, 0.6) is 5.75 Å². The van der Waals surface area contributed by atoms with Gasteiger partial charge < -0.3 is 15.2 Å². The highest BCUT2D eigenvalue weighted by Crippen LogP contribution is 2.25. The number of benzene rings is 1. The van der Waals surface area contributed by atoms with Gasteiger partial charge in [0.1, 0.15) is 24.3 Å². The smallest absolute Gasteiger partial charge is 0.133 e. The van der Waals surface area contributed by atoms with Gasteiger partial charge in [-0.3, -0.25) is 0 Å². The van der Waals surface area contributed by atoms with E-state index in [9.17, 15) is 4.39 Å². The lowest BCUT2D eigenvalue weighted by atomic mass is 10.3. The van der Waals surface area contributed by atoms with Gasteiger partial charge in [-0.05, 0) is 41.1 Å². The molecule has 3 nitrogen and oxygen atoms in total. The molecule has 0 fully saturated rings. The molecule has 5 heteroatoms. The highest BCUT2D eigenvalue weighted by Gasteiger charge is 2.09. The van der Waals surface area contributed by atoms with E-state index < -0.39 is 0 Å². The van der Waals surface area contributed by atoms with Crippen LogP contribution in [0.2, 0.25) is 0 Å². The Kier molecular flexibility index (Phi) is 5.73. The Morgan fingerprint density at radius 1 is 1.50 bits per heavy atom. The second-order valence-corrected chi connectivity index (χ2v) is 4.05. The van der Waals surface area contributed by atoms with E-state index in [0.29, 0.717) is 30.0 Å². The molecule has 1 rings (SSSR count). The number of hydrogen-bond acceptors (Lipinski definition) is 3. The highest BCUT2D eigenvalue weighted by atomic mass is 79.9. The van der Waals surface area contributed by atoms with E-state index in [1.807, 2.05) is 6.92 Å². The summed E-state index contributed by atoms with van der Waals surface area (Å²) in [5.74, 6) is 0.277. The van der Waals surface area contributed by atoms with Gasteiger partial charge in [-0.2, -0.15) is 0 Å². The zero-order chi connectivity index (χ0) is 12.0. The van der Waals surface area contributed by atoms with Crippen LogP contribution >= 0.6 is 15.9 Å². The molecule has 90 valence electrons. The Balaban J connectivity index is 2.53. The van der Waals surface area contributed by atoms with E-state index in [1.165, 1.54) is 12.1 Å². The number of rotatable bonds is 6. The Bertz CT molecular complexity index is 336. The van der Waals surface area contributed by atoms with Crippen molar-refractivity contribution >= 4 is 15.9 Å². The maximum atomic E-state index is 12.8. The lowest BCUT2D eigenvalue weighted by Crippen LogP contribution is -2.30. The van der Waals surface area contributed by atoms with Crippen LogP contribution in [0, 0.1) is 5.82 Å². The van der Waals surface area contributed by atoms with Gasteiger partial charge in [-0.1, -0.05) is 0 Å². The Labute approximate surface area is 103 Å². The van der Waals surface area contributed by atoms with Crippen LogP contribution in [0.1, 0.15) is 6.92 Å². The Morgan fingerprint density at radius 3 is 2.81 bits per heavy atom. The van der Waals surface area contributed by atoms with Crippen molar-refractivity contribution in [3.63, 3.8) is 0 Å². The van der Waals surface area contributed by atoms with Gasteiger partial charge in [0, 0.05) is 13.2 Å². The minimum absolute atomic E-state index is 0.137. The first-order valence-corrected chi connectivity index (χ1v) is 5.86. The van der Waals surface area contributed by atoms with Crippen LogP contribution in [-0.4, -0.2) is 25.9 Å². The molecular weight excluding hydrogens is 277 g/mol. The Morgan fingerprint density at radius 2 is 2.25 bits per heavy atom. The summed E-state index contributed by atoms with van der Waals surface area (Å²) in [5, 5.41) is 0. The van der Waals surface area contributed by atoms with Gasteiger partial charge in [-0.15, -0.1) is 0 Å². The molecule has 0 heterocycles. The predicted molar refractivity (Wildman–Crippen MR) is 64.1 cm³/mol. The van der Waals surface area contributed by atoms with Crippen molar-refractivity contribution < 1.29 is 13.9 Å². The van der Waals surface area contributed by atoms with Gasteiger partial charge in [-0.25, -0.2) is 4.39 Å². The molecule has 0 aliphatic heterocycles. The van der Waals surface area contributed by atoms with Crippen molar-refractivity contribution in [2.45, 2.75) is 13.0 Å². The highest BCUT2D eigenvalue weighted by molar-refractivity contribution is 9.10. The minimum Gasteiger partial charge on any atom is -0.490 e. The summed E-state index contributed by atoms with van der Waals surface area (Å²) >= 11 is 3.22. The topological polar surface area (TPSA) is 44.5 Å². The number of halogens is 2. The normalized spacial score (nSPS) is 12.5. The summed E-state index contributed by atoms with van der Waals surface area (Å²) in [6.45, 7) is 3.24. The fourth-order valence-electron chi connectivity index (χ4n) is 1.19. The molecule has 0 radical (unpaired) electrons. The van der Waals surface area contributed by atoms with Crippen LogP contribution in [0.15, 0.2) is 22.7 Å². The van der Waals surface area contributed by atoms with E-state index in [4.69, 9.17) is 15.2 Å². The summed E-state index contributed by atoms with van der Waals surface area (Å²) in [6.07, 6.45) is -0.137. The third-order valence-electron chi connectivity index (χ3n) is 1.98. The second kappa shape index (κ2) is 6.83. The molecule has 0 aliphatic rings. The number of ether oxygens (including phenoxy) is 2. The van der Waals surface area contributed by atoms with Gasteiger partial charge >= 0.3 is 0 Å². The van der Waals surface area contributed by atoms with Crippen LogP contribution in [0.3, 0.4) is 0 Å². The minimum atomic E-state index is -0.306. The van der Waals surface area contributed by atoms with Crippen LogP contribution in [0.4, 0.5) is 4.39 Å². The maximum absolute atomic E-state index is 12.8. The second-order valence-electron chi connectivity index (χ2n) is 3.20. The molecule has 2 N–H and O–H groups in total. The lowest BCUT2D eigenvalue weighted by Gasteiger charge is -2.16. The van der Waals surface area contributed by atoms with Crippen molar-refractivity contribution in [1.29, 1.82) is 0 Å². The monoisotopic (exact) mass is 291 g/mol. The fourth-order valence-corrected chi connectivity index (χ4v) is 1.66. The molecule has 1 atom stereocenters. The summed E-state index contributed by atoms with van der Waals surface area (Å²) < 4.78 is 24.2. The third-order valence-corrected chi connectivity index (χ3v) is 2.60. The van der Waals surface area contributed by atoms with Gasteiger partial charge in [0.05, 0.1) is 4.47 Å². The average Bonchev–Trinajstić information content (AvgIpc) is 2.26. The fraction of sp³-hybridized carbons (Fsp3) is 0.455. The van der Waals surface area contributed by atoms with Crippen LogP contribution in [0.25, 0.3) is 0 Å². The molecule has 1 unspecified atom stereocenters. The van der Waals surface area contributed by atoms with Crippen molar-refractivity contribution in [2.24, 2.45) is 5.73 Å². The quantitative estimate of drug-likeness (QED) is 0.875. The largest absolute Gasteiger partial charge is 0.490 e. The lowest BCUT2D eigenvalue weighted by molar-refractivity contribution is 0.0335. The number of nitrogens with two attached hydrogens (primary N) is 1. The van der Waals surface area contributed by atoms with Crippen molar-refractivity contribution in [3.8, 4) is 5.75 Å².